The number of carbonyl (C=O) groups is 1. The van der Waals surface area contributed by atoms with Gasteiger partial charge in [-0.15, -0.1) is 0 Å². The molecule has 190 valence electrons. The van der Waals surface area contributed by atoms with Crippen LogP contribution in [0, 0.1) is 0 Å². The second-order valence-electron chi connectivity index (χ2n) is 11.0. The monoisotopic (exact) mass is 483 g/mol. The van der Waals surface area contributed by atoms with Crippen LogP contribution < -0.4 is 9.64 Å². The summed E-state index contributed by atoms with van der Waals surface area (Å²) in [6.07, 6.45) is 6.48. The third-order valence-electron chi connectivity index (χ3n) is 7.15. The van der Waals surface area contributed by atoms with Crippen molar-refractivity contribution in [3.8, 4) is 6.01 Å². The van der Waals surface area contributed by atoms with Gasteiger partial charge in [0.15, 0.2) is 0 Å². The summed E-state index contributed by atoms with van der Waals surface area (Å²) in [6, 6.07) is 1.00. The van der Waals surface area contributed by atoms with Crippen molar-refractivity contribution in [3.05, 3.63) is 29.5 Å². The van der Waals surface area contributed by atoms with Gasteiger partial charge in [-0.1, -0.05) is 0 Å². The molecule has 0 aromatic carbocycles. The van der Waals surface area contributed by atoms with Crippen LogP contribution in [0.5, 0.6) is 6.01 Å². The first kappa shape index (κ1) is 23.8. The zero-order chi connectivity index (χ0) is 24.7. The standard InChI is InChI=1S/C25H37N7O3/c1-17-12-31-16-26-11-19(31)13-32(17)22-20-8-10-30(24(33)35-25(2,3)4)14-21(20)27-23(28-22)34-15-18-7-6-9-29(18)5/h11,16-18H,6-10,12-15H2,1-5H3/t17-,18+/m1/s1. The third kappa shape index (κ3) is 5.07. The van der Waals surface area contributed by atoms with Crippen LogP contribution >= 0.6 is 0 Å². The maximum absolute atomic E-state index is 12.8. The molecule has 35 heavy (non-hydrogen) atoms. The number of imidazole rings is 1. The molecule has 10 heteroatoms. The number of fused-ring (bicyclic) bond motifs is 2. The molecule has 0 spiro atoms. The lowest BCUT2D eigenvalue weighted by Crippen LogP contribution is -2.44. The molecule has 0 unspecified atom stereocenters. The Hall–Kier alpha value is -2.88. The van der Waals surface area contributed by atoms with E-state index in [1.54, 1.807) is 4.90 Å². The van der Waals surface area contributed by atoms with Crippen LogP contribution in [0.25, 0.3) is 0 Å². The first-order valence-electron chi connectivity index (χ1n) is 12.6. The van der Waals surface area contributed by atoms with Gasteiger partial charge in [0.05, 0.1) is 30.8 Å². The minimum absolute atomic E-state index is 0.244. The predicted octanol–water partition coefficient (Wildman–Crippen LogP) is 2.85. The molecule has 5 rings (SSSR count). The highest BCUT2D eigenvalue weighted by atomic mass is 16.6. The van der Waals surface area contributed by atoms with E-state index in [9.17, 15) is 4.79 Å². The Morgan fingerprint density at radius 2 is 2.03 bits per heavy atom. The van der Waals surface area contributed by atoms with Crippen LogP contribution in [0.2, 0.25) is 0 Å². The lowest BCUT2D eigenvalue weighted by Gasteiger charge is -2.38. The van der Waals surface area contributed by atoms with Crippen molar-refractivity contribution >= 4 is 11.9 Å². The average molecular weight is 484 g/mol. The van der Waals surface area contributed by atoms with Gasteiger partial charge in [0.1, 0.15) is 18.0 Å². The SMILES string of the molecule is C[C@@H]1Cn2cncc2CN1c1nc(OC[C@@H]2CCCN2C)nc2c1CCN(C(=O)OC(C)(C)C)C2. The Balaban J connectivity index is 1.44. The van der Waals surface area contributed by atoms with Gasteiger partial charge in [0.2, 0.25) is 0 Å². The summed E-state index contributed by atoms with van der Waals surface area (Å²) in [4.78, 5) is 33.2. The zero-order valence-electron chi connectivity index (χ0n) is 21.5. The number of aromatic nitrogens is 4. The summed E-state index contributed by atoms with van der Waals surface area (Å²) in [6.45, 7) is 12.1. The van der Waals surface area contributed by atoms with Gasteiger partial charge < -0.3 is 28.7 Å². The van der Waals surface area contributed by atoms with E-state index in [2.05, 4.69) is 33.3 Å². The molecule has 3 aliphatic heterocycles. The zero-order valence-corrected chi connectivity index (χ0v) is 21.5. The van der Waals surface area contributed by atoms with Gasteiger partial charge >= 0.3 is 12.1 Å². The van der Waals surface area contributed by atoms with Crippen LogP contribution in [0.3, 0.4) is 0 Å². The molecule has 0 radical (unpaired) electrons. The van der Waals surface area contributed by atoms with Crippen LogP contribution in [0.1, 0.15) is 57.5 Å². The normalized spacial score (nSPS) is 22.7. The van der Waals surface area contributed by atoms with Gasteiger partial charge in [0, 0.05) is 36.9 Å². The highest BCUT2D eigenvalue weighted by molar-refractivity contribution is 5.69. The molecular formula is C25H37N7O3. The Morgan fingerprint density at radius 1 is 1.20 bits per heavy atom. The smallest absolute Gasteiger partial charge is 0.410 e. The van der Waals surface area contributed by atoms with Crippen LogP contribution in [0.15, 0.2) is 12.5 Å². The number of hydrogen-bond acceptors (Lipinski definition) is 8. The number of amides is 1. The number of hydrogen-bond donors (Lipinski definition) is 0. The molecule has 2 aromatic rings. The minimum atomic E-state index is -0.540. The number of rotatable bonds is 4. The first-order valence-corrected chi connectivity index (χ1v) is 12.6. The van der Waals surface area contributed by atoms with Gasteiger partial charge in [-0.25, -0.2) is 9.78 Å². The van der Waals surface area contributed by atoms with E-state index in [1.807, 2.05) is 33.3 Å². The number of nitrogens with zero attached hydrogens (tertiary/aromatic N) is 7. The van der Waals surface area contributed by atoms with Crippen molar-refractivity contribution in [1.29, 1.82) is 0 Å². The van der Waals surface area contributed by atoms with Crippen molar-refractivity contribution in [2.24, 2.45) is 0 Å². The van der Waals surface area contributed by atoms with E-state index in [4.69, 9.17) is 19.4 Å². The summed E-state index contributed by atoms with van der Waals surface area (Å²) in [5, 5.41) is 0. The molecule has 1 amide bonds. The number of ether oxygens (including phenoxy) is 2. The van der Waals surface area contributed by atoms with E-state index in [-0.39, 0.29) is 12.1 Å². The fourth-order valence-corrected chi connectivity index (χ4v) is 5.17. The molecule has 0 bridgehead atoms. The molecule has 1 fully saturated rings. The van der Waals surface area contributed by atoms with E-state index in [1.165, 1.54) is 6.42 Å². The Bertz CT molecular complexity index is 1080. The highest BCUT2D eigenvalue weighted by Crippen LogP contribution is 2.33. The van der Waals surface area contributed by atoms with Crippen molar-refractivity contribution in [2.75, 3.05) is 31.6 Å². The number of carbonyl (C=O) groups excluding carboxylic acids is 1. The fraction of sp³-hybridized carbons (Fsp3) is 0.680. The Labute approximate surface area is 207 Å². The fourth-order valence-electron chi connectivity index (χ4n) is 5.17. The molecule has 1 saturated heterocycles. The summed E-state index contributed by atoms with van der Waals surface area (Å²) >= 11 is 0. The molecule has 0 aliphatic carbocycles. The summed E-state index contributed by atoms with van der Waals surface area (Å²) in [5.74, 6) is 0.911. The van der Waals surface area contributed by atoms with Crippen molar-refractivity contribution in [1.82, 2.24) is 29.3 Å². The van der Waals surface area contributed by atoms with Gasteiger partial charge in [0.25, 0.3) is 0 Å². The van der Waals surface area contributed by atoms with E-state index in [0.717, 1.165) is 48.8 Å². The predicted molar refractivity (Wildman–Crippen MR) is 131 cm³/mol. The van der Waals surface area contributed by atoms with Crippen LogP contribution in [0.4, 0.5) is 10.6 Å². The average Bonchev–Trinajstić information content (AvgIpc) is 3.43. The first-order chi connectivity index (χ1) is 16.7. The molecule has 10 nitrogen and oxygen atoms in total. The Morgan fingerprint density at radius 3 is 2.77 bits per heavy atom. The lowest BCUT2D eigenvalue weighted by molar-refractivity contribution is 0.0220. The van der Waals surface area contributed by atoms with E-state index < -0.39 is 5.60 Å². The summed E-state index contributed by atoms with van der Waals surface area (Å²) in [5.41, 5.74) is 2.56. The third-order valence-corrected chi connectivity index (χ3v) is 7.15. The number of anilines is 1. The molecular weight excluding hydrogens is 446 g/mol. The molecule has 0 saturated carbocycles. The highest BCUT2D eigenvalue weighted by Gasteiger charge is 2.33. The molecule has 5 heterocycles. The number of likely N-dealkylation sites (tertiary alicyclic amines) is 1. The van der Waals surface area contributed by atoms with Crippen LogP contribution in [-0.2, 0) is 30.8 Å². The molecule has 0 N–H and O–H groups in total. The largest absolute Gasteiger partial charge is 0.462 e. The topological polar surface area (TPSA) is 88.9 Å². The maximum Gasteiger partial charge on any atom is 0.410 e. The minimum Gasteiger partial charge on any atom is -0.462 e. The summed E-state index contributed by atoms with van der Waals surface area (Å²) < 4.78 is 14.0. The maximum atomic E-state index is 12.8. The second-order valence-corrected chi connectivity index (χ2v) is 11.0. The van der Waals surface area contributed by atoms with Gasteiger partial charge in [-0.05, 0) is 60.5 Å². The number of likely N-dealkylation sites (N-methyl/N-ethyl adjacent to an activating group) is 1. The lowest BCUT2D eigenvalue weighted by atomic mass is 10.0. The van der Waals surface area contributed by atoms with Crippen molar-refractivity contribution in [2.45, 2.75) is 84.3 Å². The van der Waals surface area contributed by atoms with E-state index >= 15 is 0 Å². The Kier molecular flexibility index (Phi) is 6.33. The van der Waals surface area contributed by atoms with Crippen molar-refractivity contribution in [3.63, 3.8) is 0 Å². The van der Waals surface area contributed by atoms with Gasteiger partial charge in [-0.2, -0.15) is 9.97 Å². The second kappa shape index (κ2) is 9.29. The van der Waals surface area contributed by atoms with Gasteiger partial charge in [-0.3, -0.25) is 0 Å². The van der Waals surface area contributed by atoms with E-state index in [0.29, 0.717) is 38.2 Å². The van der Waals surface area contributed by atoms with Crippen molar-refractivity contribution < 1.29 is 14.3 Å². The quantitative estimate of drug-likeness (QED) is 0.656. The van der Waals surface area contributed by atoms with Crippen LogP contribution in [-0.4, -0.2) is 79.8 Å². The molecule has 3 aliphatic rings. The molecule has 2 atom stereocenters. The molecule has 2 aromatic heterocycles. The summed E-state index contributed by atoms with van der Waals surface area (Å²) in [7, 11) is 2.14.